The Hall–Kier alpha value is -1.41. The maximum Gasteiger partial charge on any atom is 0.257 e. The predicted octanol–water partition coefficient (Wildman–Crippen LogP) is 3.21. The molecule has 0 bridgehead atoms. The lowest BCUT2D eigenvalue weighted by molar-refractivity contribution is -0.160. The third-order valence-corrected chi connectivity index (χ3v) is 6.40. The summed E-state index contributed by atoms with van der Waals surface area (Å²) in [6.45, 7) is 5.80. The Labute approximate surface area is 161 Å². The number of thiophene rings is 1. The normalized spacial score (nSPS) is 28.8. The zero-order valence-corrected chi connectivity index (χ0v) is 16.6. The van der Waals surface area contributed by atoms with Crippen LogP contribution >= 0.6 is 22.9 Å². The van der Waals surface area contributed by atoms with Crippen molar-refractivity contribution in [3.05, 3.63) is 28.2 Å². The molecule has 0 aromatic carbocycles. The number of carbonyl (C=O) groups excluding carboxylic acids is 1. The molecule has 3 unspecified atom stereocenters. The van der Waals surface area contributed by atoms with Crippen LogP contribution in [0.15, 0.2) is 18.3 Å². The van der Waals surface area contributed by atoms with Gasteiger partial charge in [-0.25, -0.2) is 0 Å². The maximum atomic E-state index is 13.4. The lowest BCUT2D eigenvalue weighted by Crippen LogP contribution is -2.59. The monoisotopic (exact) mass is 395 g/mol. The number of aryl methyl sites for hydroxylation is 1. The van der Waals surface area contributed by atoms with E-state index in [1.165, 1.54) is 11.3 Å². The molecule has 0 N–H and O–H groups in total. The average molecular weight is 396 g/mol. The number of hydrogen-bond donors (Lipinski definition) is 0. The molecule has 0 radical (unpaired) electrons. The van der Waals surface area contributed by atoms with E-state index in [9.17, 15) is 4.79 Å². The second-order valence-corrected chi connectivity index (χ2v) is 8.83. The van der Waals surface area contributed by atoms with E-state index in [1.807, 2.05) is 37.9 Å². The van der Waals surface area contributed by atoms with Crippen LogP contribution in [-0.2, 0) is 16.5 Å². The summed E-state index contributed by atoms with van der Waals surface area (Å²) in [5.74, 6) is -0.0220. The maximum absolute atomic E-state index is 13.4. The number of rotatable bonds is 2. The smallest absolute Gasteiger partial charge is 0.257 e. The van der Waals surface area contributed by atoms with E-state index in [0.29, 0.717) is 35.3 Å². The number of nitrogens with zero attached hydrogens (tertiary/aromatic N) is 3. The van der Waals surface area contributed by atoms with E-state index in [1.54, 1.807) is 10.9 Å². The summed E-state index contributed by atoms with van der Waals surface area (Å²) in [5.41, 5.74) is 0.863. The van der Waals surface area contributed by atoms with Crippen LogP contribution in [-0.4, -0.2) is 58.1 Å². The molecule has 2 aromatic heterocycles. The van der Waals surface area contributed by atoms with Crippen LogP contribution in [0, 0.1) is 0 Å². The van der Waals surface area contributed by atoms with Gasteiger partial charge < -0.3 is 14.4 Å². The molecule has 1 spiro atoms. The topological polar surface area (TPSA) is 56.6 Å². The fourth-order valence-electron chi connectivity index (χ4n) is 3.89. The Morgan fingerprint density at radius 3 is 2.88 bits per heavy atom. The number of morpholine rings is 1. The van der Waals surface area contributed by atoms with Crippen molar-refractivity contribution in [3.63, 3.8) is 0 Å². The largest absolute Gasteiger partial charge is 0.375 e. The van der Waals surface area contributed by atoms with E-state index in [4.69, 9.17) is 21.1 Å². The highest BCUT2D eigenvalue weighted by molar-refractivity contribution is 7.19. The fourth-order valence-corrected chi connectivity index (χ4v) is 4.93. The van der Waals surface area contributed by atoms with Crippen LogP contribution in [0.4, 0.5) is 0 Å². The van der Waals surface area contributed by atoms with Gasteiger partial charge in [0.2, 0.25) is 0 Å². The molecule has 0 aliphatic carbocycles. The van der Waals surface area contributed by atoms with Gasteiger partial charge >= 0.3 is 0 Å². The summed E-state index contributed by atoms with van der Waals surface area (Å²) in [5, 5.41) is 4.50. The number of halogens is 1. The van der Waals surface area contributed by atoms with E-state index >= 15 is 0 Å². The third kappa shape index (κ3) is 3.07. The highest BCUT2D eigenvalue weighted by Gasteiger charge is 2.49. The van der Waals surface area contributed by atoms with Crippen LogP contribution in [0.3, 0.4) is 0 Å². The third-order valence-electron chi connectivity index (χ3n) is 5.16. The van der Waals surface area contributed by atoms with Crippen molar-refractivity contribution in [2.24, 2.45) is 7.05 Å². The molecular weight excluding hydrogens is 374 g/mol. The number of aromatic nitrogens is 2. The van der Waals surface area contributed by atoms with Crippen molar-refractivity contribution in [2.75, 3.05) is 19.7 Å². The minimum absolute atomic E-state index is 0.0220. The first-order valence-electron chi connectivity index (χ1n) is 8.76. The Morgan fingerprint density at radius 1 is 1.42 bits per heavy atom. The van der Waals surface area contributed by atoms with E-state index < -0.39 is 5.60 Å². The minimum atomic E-state index is -0.415. The summed E-state index contributed by atoms with van der Waals surface area (Å²) < 4.78 is 14.3. The Morgan fingerprint density at radius 2 is 2.23 bits per heavy atom. The number of hydrogen-bond acceptors (Lipinski definition) is 5. The van der Waals surface area contributed by atoms with Gasteiger partial charge in [0.1, 0.15) is 11.3 Å². The van der Waals surface area contributed by atoms with Crippen molar-refractivity contribution >= 4 is 28.8 Å². The lowest BCUT2D eigenvalue weighted by atomic mass is 9.92. The fraction of sp³-hybridized carbons (Fsp3) is 0.556. The first kappa shape index (κ1) is 18.0. The summed E-state index contributed by atoms with van der Waals surface area (Å²) in [6, 6.07) is 3.73. The molecule has 2 aliphatic rings. The molecule has 140 valence electrons. The second kappa shape index (κ2) is 6.64. The van der Waals surface area contributed by atoms with Crippen LogP contribution in [0.1, 0.15) is 30.6 Å². The second-order valence-electron chi connectivity index (χ2n) is 7.11. The summed E-state index contributed by atoms with van der Waals surface area (Å²) >= 11 is 7.50. The van der Waals surface area contributed by atoms with Gasteiger partial charge in [0, 0.05) is 32.8 Å². The molecule has 2 aromatic rings. The standard InChI is InChI=1S/C18H22ClN3O3S/c1-11-8-22(10-18(25-11)6-7-24-12(18)2)17(23)13-9-21(3)20-16(13)14-4-5-15(19)26-14/h4-5,9,11-12H,6-8,10H2,1-3H3. The first-order valence-corrected chi connectivity index (χ1v) is 9.95. The summed E-state index contributed by atoms with van der Waals surface area (Å²) in [4.78, 5) is 16.1. The molecule has 0 saturated carbocycles. The lowest BCUT2D eigenvalue weighted by Gasteiger charge is -2.45. The zero-order chi connectivity index (χ0) is 18.5. The summed E-state index contributed by atoms with van der Waals surface area (Å²) in [7, 11) is 1.83. The van der Waals surface area contributed by atoms with E-state index in [2.05, 4.69) is 5.10 Å². The minimum Gasteiger partial charge on any atom is -0.375 e. The molecule has 1 amide bonds. The predicted molar refractivity (Wildman–Crippen MR) is 101 cm³/mol. The van der Waals surface area contributed by atoms with Crippen LogP contribution < -0.4 is 0 Å². The van der Waals surface area contributed by atoms with Gasteiger partial charge in [-0.05, 0) is 26.0 Å². The molecule has 26 heavy (non-hydrogen) atoms. The van der Waals surface area contributed by atoms with E-state index in [0.717, 1.165) is 11.3 Å². The summed E-state index contributed by atoms with van der Waals surface area (Å²) in [6.07, 6.45) is 2.54. The van der Waals surface area contributed by atoms with Gasteiger partial charge in [-0.1, -0.05) is 11.6 Å². The number of carbonyl (C=O) groups is 1. The molecule has 4 rings (SSSR count). The Balaban J connectivity index is 1.65. The van der Waals surface area contributed by atoms with Crippen LogP contribution in [0.2, 0.25) is 4.34 Å². The van der Waals surface area contributed by atoms with Crippen LogP contribution in [0.5, 0.6) is 0 Å². The molecule has 2 aliphatic heterocycles. The number of amides is 1. The van der Waals surface area contributed by atoms with E-state index in [-0.39, 0.29) is 18.1 Å². The molecule has 6 nitrogen and oxygen atoms in total. The Bertz CT molecular complexity index is 836. The van der Waals surface area contributed by atoms with Gasteiger partial charge in [0.15, 0.2) is 0 Å². The van der Waals surface area contributed by atoms with Crippen molar-refractivity contribution in [1.29, 1.82) is 0 Å². The molecular formula is C18H22ClN3O3S. The van der Waals surface area contributed by atoms with Crippen molar-refractivity contribution < 1.29 is 14.3 Å². The number of ether oxygens (including phenoxy) is 2. The van der Waals surface area contributed by atoms with Gasteiger partial charge in [-0.15, -0.1) is 11.3 Å². The zero-order valence-electron chi connectivity index (χ0n) is 15.1. The molecule has 3 atom stereocenters. The molecule has 2 fully saturated rings. The molecule has 2 saturated heterocycles. The first-order chi connectivity index (χ1) is 12.4. The van der Waals surface area contributed by atoms with Gasteiger partial charge in [-0.2, -0.15) is 5.10 Å². The molecule has 8 heteroatoms. The highest BCUT2D eigenvalue weighted by Crippen LogP contribution is 2.37. The van der Waals surface area contributed by atoms with Crippen molar-refractivity contribution in [1.82, 2.24) is 14.7 Å². The Kier molecular flexibility index (Phi) is 4.59. The van der Waals surface area contributed by atoms with Gasteiger partial charge in [0.05, 0.1) is 33.5 Å². The highest BCUT2D eigenvalue weighted by atomic mass is 35.5. The van der Waals surface area contributed by atoms with Crippen LogP contribution in [0.25, 0.3) is 10.6 Å². The quantitative estimate of drug-likeness (QED) is 0.783. The van der Waals surface area contributed by atoms with Gasteiger partial charge in [-0.3, -0.25) is 9.48 Å². The SMILES string of the molecule is CC1CN(C(=O)c2cn(C)nc2-c2ccc(Cl)s2)CC2(CCOC2C)O1. The van der Waals surface area contributed by atoms with Gasteiger partial charge in [0.25, 0.3) is 5.91 Å². The average Bonchev–Trinajstić information content (AvgIpc) is 3.27. The van der Waals surface area contributed by atoms with Crippen molar-refractivity contribution in [2.45, 2.75) is 38.1 Å². The van der Waals surface area contributed by atoms with Crippen molar-refractivity contribution in [3.8, 4) is 10.6 Å². The molecule has 4 heterocycles.